The molecule has 0 aromatic heterocycles. The SMILES string of the molecule is O=C(O)N1CCNC[C@@H]1Cc1ccc(F)cc1. The Morgan fingerprint density at radius 3 is 2.82 bits per heavy atom. The first kappa shape index (κ1) is 11.9. The number of nitrogens with zero attached hydrogens (tertiary/aromatic N) is 1. The van der Waals surface area contributed by atoms with Crippen molar-refractivity contribution in [2.75, 3.05) is 19.6 Å². The molecule has 2 rings (SSSR count). The van der Waals surface area contributed by atoms with Crippen molar-refractivity contribution in [1.29, 1.82) is 0 Å². The molecule has 1 aromatic rings. The van der Waals surface area contributed by atoms with E-state index in [4.69, 9.17) is 5.11 Å². The smallest absolute Gasteiger partial charge is 0.407 e. The third kappa shape index (κ3) is 2.94. The Morgan fingerprint density at radius 1 is 1.47 bits per heavy atom. The zero-order valence-electron chi connectivity index (χ0n) is 9.40. The molecule has 1 aliphatic rings. The van der Waals surface area contributed by atoms with E-state index in [1.807, 2.05) is 0 Å². The Bertz CT molecular complexity index is 394. The van der Waals surface area contributed by atoms with Crippen LogP contribution in [0.1, 0.15) is 5.56 Å². The molecule has 1 amide bonds. The topological polar surface area (TPSA) is 52.6 Å². The van der Waals surface area contributed by atoms with Gasteiger partial charge in [-0.05, 0) is 24.1 Å². The summed E-state index contributed by atoms with van der Waals surface area (Å²) in [6.07, 6.45) is -0.279. The standard InChI is InChI=1S/C12H15FN2O2/c13-10-3-1-9(2-4-10)7-11-8-14-5-6-15(11)12(16)17/h1-4,11,14H,5-8H2,(H,16,17)/t11-/m0/s1. The molecule has 1 fully saturated rings. The van der Waals surface area contributed by atoms with Crippen LogP contribution in [-0.2, 0) is 6.42 Å². The van der Waals surface area contributed by atoms with Crippen LogP contribution in [0.3, 0.4) is 0 Å². The predicted molar refractivity (Wildman–Crippen MR) is 61.5 cm³/mol. The molecular weight excluding hydrogens is 223 g/mol. The van der Waals surface area contributed by atoms with Gasteiger partial charge in [-0.15, -0.1) is 0 Å². The van der Waals surface area contributed by atoms with Crippen LogP contribution < -0.4 is 5.32 Å². The fraction of sp³-hybridized carbons (Fsp3) is 0.417. The molecule has 0 bridgehead atoms. The predicted octanol–water partition coefficient (Wildman–Crippen LogP) is 1.32. The van der Waals surface area contributed by atoms with Crippen molar-refractivity contribution in [2.24, 2.45) is 0 Å². The van der Waals surface area contributed by atoms with Gasteiger partial charge < -0.3 is 15.3 Å². The van der Waals surface area contributed by atoms with E-state index in [1.54, 1.807) is 12.1 Å². The molecule has 1 aromatic carbocycles. The first-order chi connectivity index (χ1) is 8.16. The monoisotopic (exact) mass is 238 g/mol. The largest absolute Gasteiger partial charge is 0.465 e. The number of benzene rings is 1. The van der Waals surface area contributed by atoms with E-state index in [9.17, 15) is 9.18 Å². The van der Waals surface area contributed by atoms with E-state index in [0.29, 0.717) is 26.1 Å². The van der Waals surface area contributed by atoms with Gasteiger partial charge in [-0.25, -0.2) is 9.18 Å². The van der Waals surface area contributed by atoms with Gasteiger partial charge in [0.1, 0.15) is 5.82 Å². The Kier molecular flexibility index (Phi) is 3.58. The van der Waals surface area contributed by atoms with E-state index < -0.39 is 6.09 Å². The minimum atomic E-state index is -0.890. The van der Waals surface area contributed by atoms with Gasteiger partial charge in [-0.3, -0.25) is 0 Å². The van der Waals surface area contributed by atoms with Crippen molar-refractivity contribution in [3.63, 3.8) is 0 Å². The molecule has 5 heteroatoms. The van der Waals surface area contributed by atoms with Crippen molar-refractivity contribution in [2.45, 2.75) is 12.5 Å². The van der Waals surface area contributed by atoms with E-state index >= 15 is 0 Å². The van der Waals surface area contributed by atoms with E-state index in [-0.39, 0.29) is 11.9 Å². The second kappa shape index (κ2) is 5.14. The summed E-state index contributed by atoms with van der Waals surface area (Å²) in [5, 5.41) is 12.2. The average Bonchev–Trinajstić information content (AvgIpc) is 2.32. The highest BCUT2D eigenvalue weighted by Gasteiger charge is 2.26. The molecular formula is C12H15FN2O2. The van der Waals surface area contributed by atoms with Crippen LogP contribution in [0.4, 0.5) is 9.18 Å². The van der Waals surface area contributed by atoms with Crippen molar-refractivity contribution in [3.05, 3.63) is 35.6 Å². The molecule has 0 aliphatic carbocycles. The normalized spacial score (nSPS) is 20.3. The molecule has 0 radical (unpaired) electrons. The van der Waals surface area contributed by atoms with Gasteiger partial charge >= 0.3 is 6.09 Å². The highest BCUT2D eigenvalue weighted by atomic mass is 19.1. The van der Waals surface area contributed by atoms with Crippen molar-refractivity contribution >= 4 is 6.09 Å². The quantitative estimate of drug-likeness (QED) is 0.817. The van der Waals surface area contributed by atoms with Crippen LogP contribution >= 0.6 is 0 Å². The van der Waals surface area contributed by atoms with Crippen molar-refractivity contribution in [1.82, 2.24) is 10.2 Å². The van der Waals surface area contributed by atoms with Gasteiger partial charge in [0.05, 0.1) is 6.04 Å². The van der Waals surface area contributed by atoms with Crippen LogP contribution in [0.2, 0.25) is 0 Å². The summed E-state index contributed by atoms with van der Waals surface area (Å²) in [4.78, 5) is 12.5. The lowest BCUT2D eigenvalue weighted by Gasteiger charge is -2.34. The maximum Gasteiger partial charge on any atom is 0.407 e. The summed E-state index contributed by atoms with van der Waals surface area (Å²) in [7, 11) is 0. The summed E-state index contributed by atoms with van der Waals surface area (Å²) in [6, 6.07) is 6.12. The lowest BCUT2D eigenvalue weighted by molar-refractivity contribution is 0.112. The number of carbonyl (C=O) groups is 1. The fourth-order valence-electron chi connectivity index (χ4n) is 2.09. The third-order valence-corrected chi connectivity index (χ3v) is 2.98. The van der Waals surface area contributed by atoms with E-state index in [2.05, 4.69) is 5.32 Å². The molecule has 4 nitrogen and oxygen atoms in total. The lowest BCUT2D eigenvalue weighted by atomic mass is 10.0. The highest BCUT2D eigenvalue weighted by molar-refractivity contribution is 5.65. The molecule has 92 valence electrons. The van der Waals surface area contributed by atoms with Gasteiger partial charge in [0, 0.05) is 19.6 Å². The van der Waals surface area contributed by atoms with E-state index in [1.165, 1.54) is 17.0 Å². The molecule has 0 saturated carbocycles. The summed E-state index contributed by atoms with van der Waals surface area (Å²) in [6.45, 7) is 1.83. The number of piperazine rings is 1. The Hall–Kier alpha value is -1.62. The van der Waals surface area contributed by atoms with Crippen LogP contribution in [0, 0.1) is 5.82 Å². The maximum absolute atomic E-state index is 12.8. The fourth-order valence-corrected chi connectivity index (χ4v) is 2.09. The van der Waals surface area contributed by atoms with Crippen molar-refractivity contribution in [3.8, 4) is 0 Å². The zero-order chi connectivity index (χ0) is 12.3. The number of hydrogen-bond donors (Lipinski definition) is 2. The number of nitrogens with one attached hydrogen (secondary N) is 1. The molecule has 0 unspecified atom stereocenters. The third-order valence-electron chi connectivity index (χ3n) is 2.98. The summed E-state index contributed by atoms with van der Waals surface area (Å²) in [5.41, 5.74) is 0.950. The molecule has 2 N–H and O–H groups in total. The average molecular weight is 238 g/mol. The molecule has 1 aliphatic heterocycles. The molecule has 1 heterocycles. The lowest BCUT2D eigenvalue weighted by Crippen LogP contribution is -2.54. The molecule has 1 saturated heterocycles. The van der Waals surface area contributed by atoms with Crippen LogP contribution in [-0.4, -0.2) is 41.8 Å². The van der Waals surface area contributed by atoms with Gasteiger partial charge in [0.15, 0.2) is 0 Å². The van der Waals surface area contributed by atoms with Crippen LogP contribution in [0.15, 0.2) is 24.3 Å². The minimum absolute atomic E-state index is 0.0771. The van der Waals surface area contributed by atoms with Gasteiger partial charge in [0.25, 0.3) is 0 Å². The Morgan fingerprint density at radius 2 is 2.18 bits per heavy atom. The number of halogens is 1. The molecule has 1 atom stereocenters. The summed E-state index contributed by atoms with van der Waals surface area (Å²) < 4.78 is 12.8. The Labute approximate surface area is 99.0 Å². The zero-order valence-corrected chi connectivity index (χ0v) is 9.40. The molecule has 17 heavy (non-hydrogen) atoms. The second-order valence-corrected chi connectivity index (χ2v) is 4.16. The first-order valence-corrected chi connectivity index (χ1v) is 5.61. The first-order valence-electron chi connectivity index (χ1n) is 5.61. The Balaban J connectivity index is 2.05. The van der Waals surface area contributed by atoms with Crippen molar-refractivity contribution < 1.29 is 14.3 Å². The summed E-state index contributed by atoms with van der Waals surface area (Å²) >= 11 is 0. The van der Waals surface area contributed by atoms with Gasteiger partial charge in [0.2, 0.25) is 0 Å². The summed E-state index contributed by atoms with van der Waals surface area (Å²) in [5.74, 6) is -0.273. The second-order valence-electron chi connectivity index (χ2n) is 4.16. The van der Waals surface area contributed by atoms with Gasteiger partial charge in [-0.2, -0.15) is 0 Å². The highest BCUT2D eigenvalue weighted by Crippen LogP contribution is 2.12. The van der Waals surface area contributed by atoms with Gasteiger partial charge in [-0.1, -0.05) is 12.1 Å². The molecule has 0 spiro atoms. The van der Waals surface area contributed by atoms with Crippen LogP contribution in [0.25, 0.3) is 0 Å². The van der Waals surface area contributed by atoms with Crippen LogP contribution in [0.5, 0.6) is 0 Å². The number of carboxylic acid groups (broad SMARTS) is 1. The minimum Gasteiger partial charge on any atom is -0.465 e. The maximum atomic E-state index is 12.8. The number of hydrogen-bond acceptors (Lipinski definition) is 2. The number of rotatable bonds is 2. The number of amides is 1. The van der Waals surface area contributed by atoms with E-state index in [0.717, 1.165) is 5.56 Å².